The molecule has 2 atom stereocenters. The zero-order valence-electron chi connectivity index (χ0n) is 17.1. The first-order chi connectivity index (χ1) is 13.8. The SMILES string of the molecule is CC[C@@H](C)NC(=O)[C@H](CC)N(Cc1ccc(Cl)cc1)C(=O)Cc1ccc(F)cc1. The lowest BCUT2D eigenvalue weighted by atomic mass is 10.1. The van der Waals surface area contributed by atoms with E-state index < -0.39 is 6.04 Å². The highest BCUT2D eigenvalue weighted by atomic mass is 35.5. The van der Waals surface area contributed by atoms with Crippen molar-refractivity contribution in [2.24, 2.45) is 0 Å². The van der Waals surface area contributed by atoms with Crippen molar-refractivity contribution in [3.63, 3.8) is 0 Å². The van der Waals surface area contributed by atoms with E-state index >= 15 is 0 Å². The van der Waals surface area contributed by atoms with Crippen molar-refractivity contribution in [3.8, 4) is 0 Å². The van der Waals surface area contributed by atoms with Crippen molar-refractivity contribution in [1.29, 1.82) is 0 Å². The van der Waals surface area contributed by atoms with Crippen molar-refractivity contribution in [1.82, 2.24) is 10.2 Å². The van der Waals surface area contributed by atoms with Crippen LogP contribution < -0.4 is 5.32 Å². The van der Waals surface area contributed by atoms with Gasteiger partial charge in [-0.1, -0.05) is 49.7 Å². The lowest BCUT2D eigenvalue weighted by molar-refractivity contribution is -0.141. The van der Waals surface area contributed by atoms with E-state index in [1.165, 1.54) is 12.1 Å². The van der Waals surface area contributed by atoms with Crippen LogP contribution in [0, 0.1) is 5.82 Å². The quantitative estimate of drug-likeness (QED) is 0.639. The van der Waals surface area contributed by atoms with Gasteiger partial charge in [0.1, 0.15) is 11.9 Å². The summed E-state index contributed by atoms with van der Waals surface area (Å²) in [6.45, 7) is 6.12. The minimum absolute atomic E-state index is 0.0288. The van der Waals surface area contributed by atoms with Crippen molar-refractivity contribution < 1.29 is 14.0 Å². The summed E-state index contributed by atoms with van der Waals surface area (Å²) in [4.78, 5) is 27.6. The Balaban J connectivity index is 2.26. The van der Waals surface area contributed by atoms with Gasteiger partial charge in [-0.3, -0.25) is 9.59 Å². The van der Waals surface area contributed by atoms with E-state index in [0.29, 0.717) is 23.6 Å². The summed E-state index contributed by atoms with van der Waals surface area (Å²) in [6.07, 6.45) is 1.40. The Hall–Kier alpha value is -2.40. The number of nitrogens with one attached hydrogen (secondary N) is 1. The predicted octanol–water partition coefficient (Wildman–Crippen LogP) is 4.74. The number of rotatable bonds is 9. The molecule has 0 bridgehead atoms. The van der Waals surface area contributed by atoms with E-state index in [4.69, 9.17) is 11.6 Å². The number of hydrogen-bond acceptors (Lipinski definition) is 2. The number of benzene rings is 2. The molecule has 0 aliphatic carbocycles. The lowest BCUT2D eigenvalue weighted by Gasteiger charge is -2.31. The van der Waals surface area contributed by atoms with E-state index in [2.05, 4.69) is 5.32 Å². The summed E-state index contributed by atoms with van der Waals surface area (Å²) >= 11 is 5.97. The molecule has 0 aliphatic heterocycles. The van der Waals surface area contributed by atoms with Crippen molar-refractivity contribution >= 4 is 23.4 Å². The van der Waals surface area contributed by atoms with Crippen LogP contribution in [0.4, 0.5) is 4.39 Å². The summed E-state index contributed by atoms with van der Waals surface area (Å²) in [5, 5.41) is 3.59. The zero-order valence-corrected chi connectivity index (χ0v) is 17.9. The van der Waals surface area contributed by atoms with E-state index in [-0.39, 0.29) is 30.1 Å². The van der Waals surface area contributed by atoms with Crippen LogP contribution in [0.3, 0.4) is 0 Å². The zero-order chi connectivity index (χ0) is 21.4. The van der Waals surface area contributed by atoms with Gasteiger partial charge in [0.25, 0.3) is 0 Å². The third kappa shape index (κ3) is 6.86. The second-order valence-electron chi connectivity index (χ2n) is 7.19. The van der Waals surface area contributed by atoms with Crippen LogP contribution in [-0.2, 0) is 22.6 Å². The molecule has 2 aromatic rings. The van der Waals surface area contributed by atoms with Gasteiger partial charge < -0.3 is 10.2 Å². The molecule has 0 heterocycles. The number of amides is 2. The van der Waals surface area contributed by atoms with Crippen LogP contribution in [-0.4, -0.2) is 28.8 Å². The van der Waals surface area contributed by atoms with Gasteiger partial charge in [-0.2, -0.15) is 0 Å². The maximum atomic E-state index is 13.2. The fourth-order valence-electron chi connectivity index (χ4n) is 3.03. The average Bonchev–Trinajstić information content (AvgIpc) is 2.70. The van der Waals surface area contributed by atoms with Gasteiger partial charge in [0.2, 0.25) is 11.8 Å². The fourth-order valence-corrected chi connectivity index (χ4v) is 3.15. The Kier molecular flexibility index (Phi) is 8.65. The Morgan fingerprint density at radius 2 is 1.59 bits per heavy atom. The second kappa shape index (κ2) is 11.0. The van der Waals surface area contributed by atoms with Crippen LogP contribution in [0.5, 0.6) is 0 Å². The summed E-state index contributed by atoms with van der Waals surface area (Å²) in [6, 6.07) is 12.5. The van der Waals surface area contributed by atoms with Gasteiger partial charge in [-0.05, 0) is 55.2 Å². The van der Waals surface area contributed by atoms with Crippen LogP contribution in [0.2, 0.25) is 5.02 Å². The Morgan fingerprint density at radius 3 is 2.14 bits per heavy atom. The Labute approximate surface area is 177 Å². The van der Waals surface area contributed by atoms with Crippen molar-refractivity contribution in [2.45, 2.75) is 58.7 Å². The van der Waals surface area contributed by atoms with Crippen LogP contribution >= 0.6 is 11.6 Å². The average molecular weight is 419 g/mol. The first kappa shape index (κ1) is 22.9. The highest BCUT2D eigenvalue weighted by molar-refractivity contribution is 6.30. The highest BCUT2D eigenvalue weighted by Gasteiger charge is 2.29. The number of nitrogens with zero attached hydrogens (tertiary/aromatic N) is 1. The molecule has 0 spiro atoms. The maximum absolute atomic E-state index is 13.2. The molecule has 156 valence electrons. The summed E-state index contributed by atoms with van der Waals surface area (Å²) in [5.41, 5.74) is 1.59. The first-order valence-electron chi connectivity index (χ1n) is 9.92. The van der Waals surface area contributed by atoms with Gasteiger partial charge >= 0.3 is 0 Å². The molecule has 0 saturated heterocycles. The molecule has 2 amide bonds. The van der Waals surface area contributed by atoms with Crippen molar-refractivity contribution in [3.05, 3.63) is 70.5 Å². The number of carbonyl (C=O) groups excluding carboxylic acids is 2. The predicted molar refractivity (Wildman–Crippen MR) is 114 cm³/mol. The van der Waals surface area contributed by atoms with Crippen LogP contribution in [0.25, 0.3) is 0 Å². The highest BCUT2D eigenvalue weighted by Crippen LogP contribution is 2.17. The maximum Gasteiger partial charge on any atom is 0.243 e. The monoisotopic (exact) mass is 418 g/mol. The van der Waals surface area contributed by atoms with E-state index in [1.807, 2.05) is 32.9 Å². The minimum atomic E-state index is -0.590. The minimum Gasteiger partial charge on any atom is -0.352 e. The summed E-state index contributed by atoms with van der Waals surface area (Å²) in [5.74, 6) is -0.695. The molecular formula is C23H28ClFN2O2. The van der Waals surface area contributed by atoms with Gasteiger partial charge in [-0.15, -0.1) is 0 Å². The number of carbonyl (C=O) groups is 2. The van der Waals surface area contributed by atoms with Gasteiger partial charge in [-0.25, -0.2) is 4.39 Å². The van der Waals surface area contributed by atoms with Gasteiger partial charge in [0.15, 0.2) is 0 Å². The molecule has 2 aromatic carbocycles. The van der Waals surface area contributed by atoms with E-state index in [9.17, 15) is 14.0 Å². The summed E-state index contributed by atoms with van der Waals surface area (Å²) in [7, 11) is 0. The Morgan fingerprint density at radius 1 is 1.00 bits per heavy atom. The normalized spacial score (nSPS) is 12.9. The van der Waals surface area contributed by atoms with Gasteiger partial charge in [0, 0.05) is 17.6 Å². The molecule has 0 aromatic heterocycles. The van der Waals surface area contributed by atoms with Gasteiger partial charge in [0.05, 0.1) is 6.42 Å². The first-order valence-corrected chi connectivity index (χ1v) is 10.3. The number of halogens is 2. The molecule has 0 fully saturated rings. The molecule has 0 aliphatic rings. The molecule has 0 saturated carbocycles. The van der Waals surface area contributed by atoms with Crippen LogP contribution in [0.15, 0.2) is 48.5 Å². The molecule has 4 nitrogen and oxygen atoms in total. The molecule has 0 radical (unpaired) electrons. The number of hydrogen-bond donors (Lipinski definition) is 1. The molecule has 1 N–H and O–H groups in total. The third-order valence-corrected chi connectivity index (χ3v) is 5.17. The summed E-state index contributed by atoms with van der Waals surface area (Å²) < 4.78 is 13.2. The molecule has 0 unspecified atom stereocenters. The topological polar surface area (TPSA) is 49.4 Å². The molecule has 6 heteroatoms. The Bertz CT molecular complexity index is 809. The smallest absolute Gasteiger partial charge is 0.243 e. The van der Waals surface area contributed by atoms with E-state index in [1.54, 1.807) is 29.2 Å². The van der Waals surface area contributed by atoms with Crippen LogP contribution in [0.1, 0.15) is 44.7 Å². The fraction of sp³-hybridized carbons (Fsp3) is 0.391. The lowest BCUT2D eigenvalue weighted by Crippen LogP contribution is -2.51. The van der Waals surface area contributed by atoms with E-state index in [0.717, 1.165) is 12.0 Å². The third-order valence-electron chi connectivity index (χ3n) is 4.92. The van der Waals surface area contributed by atoms with Crippen molar-refractivity contribution in [2.75, 3.05) is 0 Å². The largest absolute Gasteiger partial charge is 0.352 e. The standard InChI is InChI=1S/C23H28ClFN2O2/c1-4-16(3)26-23(29)21(5-2)27(15-18-6-10-19(24)11-7-18)22(28)14-17-8-12-20(25)13-9-17/h6-13,16,21H,4-5,14-15H2,1-3H3,(H,26,29)/t16-,21+/m1/s1. The molecule has 2 rings (SSSR count). The molecule has 29 heavy (non-hydrogen) atoms. The second-order valence-corrected chi connectivity index (χ2v) is 7.63. The molecular weight excluding hydrogens is 391 g/mol.